The lowest BCUT2D eigenvalue weighted by atomic mass is 9.88. The summed E-state index contributed by atoms with van der Waals surface area (Å²) >= 11 is 4.07. The van der Waals surface area contributed by atoms with Crippen LogP contribution in [0.25, 0.3) is 0 Å². The van der Waals surface area contributed by atoms with Crippen molar-refractivity contribution in [2.75, 3.05) is 12.4 Å². The number of rotatable bonds is 7. The standard InChI is InChI=1S/C15H21NO4S/c1-10(2)15(9-21,14(18)19)16-13(17)8-20-12-6-4-5-11(3)7-12/h4-7,10,21H,8-9H2,1-3H3,(H,16,17)(H,18,19)/t15-/m1/s1. The number of aliphatic carboxylic acids is 1. The molecule has 2 N–H and O–H groups in total. The number of nitrogens with one attached hydrogen (secondary N) is 1. The van der Waals surface area contributed by atoms with Gasteiger partial charge in [-0.15, -0.1) is 0 Å². The molecule has 0 radical (unpaired) electrons. The Kier molecular flexibility index (Phi) is 6.08. The Labute approximate surface area is 130 Å². The second-order valence-corrected chi connectivity index (χ2v) is 5.56. The Balaban J connectivity index is 2.69. The number of thiol groups is 1. The zero-order valence-electron chi connectivity index (χ0n) is 12.4. The van der Waals surface area contributed by atoms with Gasteiger partial charge < -0.3 is 15.2 Å². The summed E-state index contributed by atoms with van der Waals surface area (Å²) < 4.78 is 5.37. The topological polar surface area (TPSA) is 75.6 Å². The lowest BCUT2D eigenvalue weighted by Gasteiger charge is -2.32. The first-order valence-corrected chi connectivity index (χ1v) is 7.30. The van der Waals surface area contributed by atoms with Crippen LogP contribution in [0.15, 0.2) is 24.3 Å². The molecule has 6 heteroatoms. The van der Waals surface area contributed by atoms with Gasteiger partial charge in [-0.1, -0.05) is 26.0 Å². The fraction of sp³-hybridized carbons (Fsp3) is 0.467. The van der Waals surface area contributed by atoms with E-state index < -0.39 is 17.4 Å². The fourth-order valence-corrected chi connectivity index (χ4v) is 2.45. The minimum atomic E-state index is -1.39. The Morgan fingerprint density at radius 1 is 1.43 bits per heavy atom. The average Bonchev–Trinajstić information content (AvgIpc) is 2.42. The highest BCUT2D eigenvalue weighted by Gasteiger charge is 2.42. The molecule has 0 aliphatic carbocycles. The molecular formula is C15H21NO4S. The van der Waals surface area contributed by atoms with E-state index in [0.717, 1.165) is 5.56 Å². The summed E-state index contributed by atoms with van der Waals surface area (Å²) in [7, 11) is 0. The second-order valence-electron chi connectivity index (χ2n) is 5.24. The van der Waals surface area contributed by atoms with Gasteiger partial charge in [0, 0.05) is 5.75 Å². The fourth-order valence-electron chi connectivity index (χ4n) is 1.87. The van der Waals surface area contributed by atoms with Crippen molar-refractivity contribution in [3.05, 3.63) is 29.8 Å². The third-order valence-corrected chi connectivity index (χ3v) is 3.84. The Bertz CT molecular complexity index is 518. The van der Waals surface area contributed by atoms with Crippen molar-refractivity contribution in [3.63, 3.8) is 0 Å². The van der Waals surface area contributed by atoms with Gasteiger partial charge in [0.15, 0.2) is 6.61 Å². The number of carbonyl (C=O) groups excluding carboxylic acids is 1. The van der Waals surface area contributed by atoms with E-state index in [9.17, 15) is 14.7 Å². The number of amides is 1. The van der Waals surface area contributed by atoms with Gasteiger partial charge in [-0.25, -0.2) is 4.79 Å². The van der Waals surface area contributed by atoms with Gasteiger partial charge in [0.05, 0.1) is 0 Å². The van der Waals surface area contributed by atoms with E-state index in [4.69, 9.17) is 4.74 Å². The maximum absolute atomic E-state index is 12.0. The predicted octanol–water partition coefficient (Wildman–Crippen LogP) is 1.90. The van der Waals surface area contributed by atoms with E-state index in [2.05, 4.69) is 17.9 Å². The first-order chi connectivity index (χ1) is 9.81. The van der Waals surface area contributed by atoms with Gasteiger partial charge in [0.25, 0.3) is 5.91 Å². The van der Waals surface area contributed by atoms with Crippen LogP contribution in [0.2, 0.25) is 0 Å². The van der Waals surface area contributed by atoms with E-state index in [1.165, 1.54) is 0 Å². The number of hydrogen-bond donors (Lipinski definition) is 3. The minimum absolute atomic E-state index is 0.0101. The van der Waals surface area contributed by atoms with Crippen LogP contribution in [0.5, 0.6) is 5.75 Å². The summed E-state index contributed by atoms with van der Waals surface area (Å²) in [6, 6.07) is 7.29. The highest BCUT2D eigenvalue weighted by atomic mass is 32.1. The number of carboxylic acid groups (broad SMARTS) is 1. The third-order valence-electron chi connectivity index (χ3n) is 3.34. The quantitative estimate of drug-likeness (QED) is 0.672. The molecule has 0 bridgehead atoms. The summed E-state index contributed by atoms with van der Waals surface area (Å²) in [6.45, 7) is 5.14. The summed E-state index contributed by atoms with van der Waals surface area (Å²) in [5.41, 5.74) is -0.374. The van der Waals surface area contributed by atoms with Crippen molar-refractivity contribution in [2.45, 2.75) is 26.3 Å². The zero-order chi connectivity index (χ0) is 16.0. The molecule has 0 fully saturated rings. The van der Waals surface area contributed by atoms with Crippen LogP contribution >= 0.6 is 12.6 Å². The Morgan fingerprint density at radius 2 is 2.10 bits per heavy atom. The van der Waals surface area contributed by atoms with Crippen molar-refractivity contribution in [2.24, 2.45) is 5.92 Å². The zero-order valence-corrected chi connectivity index (χ0v) is 13.3. The molecule has 0 saturated heterocycles. The molecule has 1 aromatic carbocycles. The van der Waals surface area contributed by atoms with Crippen molar-refractivity contribution in [1.82, 2.24) is 5.32 Å². The minimum Gasteiger partial charge on any atom is -0.484 e. The van der Waals surface area contributed by atoms with E-state index in [0.29, 0.717) is 5.75 Å². The molecule has 0 aliphatic heterocycles. The van der Waals surface area contributed by atoms with Crippen LogP contribution in [-0.4, -0.2) is 34.9 Å². The van der Waals surface area contributed by atoms with Gasteiger partial charge in [0.2, 0.25) is 0 Å². The molecular weight excluding hydrogens is 290 g/mol. The maximum Gasteiger partial charge on any atom is 0.330 e. The molecule has 0 unspecified atom stereocenters. The number of benzene rings is 1. The average molecular weight is 311 g/mol. The molecule has 0 aromatic heterocycles. The smallest absolute Gasteiger partial charge is 0.330 e. The number of hydrogen-bond acceptors (Lipinski definition) is 4. The van der Waals surface area contributed by atoms with Crippen molar-refractivity contribution in [3.8, 4) is 5.75 Å². The highest BCUT2D eigenvalue weighted by Crippen LogP contribution is 2.19. The lowest BCUT2D eigenvalue weighted by molar-refractivity contribution is -0.148. The van der Waals surface area contributed by atoms with Gasteiger partial charge in [-0.2, -0.15) is 12.6 Å². The van der Waals surface area contributed by atoms with Gasteiger partial charge in [-0.05, 0) is 30.5 Å². The van der Waals surface area contributed by atoms with Crippen LogP contribution in [0.1, 0.15) is 19.4 Å². The Morgan fingerprint density at radius 3 is 2.57 bits per heavy atom. The van der Waals surface area contributed by atoms with Crippen molar-refractivity contribution < 1.29 is 19.4 Å². The van der Waals surface area contributed by atoms with Crippen molar-refractivity contribution in [1.29, 1.82) is 0 Å². The molecule has 1 amide bonds. The molecule has 1 rings (SSSR count). The van der Waals surface area contributed by atoms with Crippen LogP contribution < -0.4 is 10.1 Å². The van der Waals surface area contributed by atoms with Gasteiger partial charge in [-0.3, -0.25) is 4.79 Å². The van der Waals surface area contributed by atoms with Gasteiger partial charge >= 0.3 is 5.97 Å². The number of carboxylic acids is 1. The molecule has 5 nitrogen and oxygen atoms in total. The van der Waals surface area contributed by atoms with Crippen LogP contribution in [0.4, 0.5) is 0 Å². The number of ether oxygens (including phenoxy) is 1. The maximum atomic E-state index is 12.0. The summed E-state index contributed by atoms with van der Waals surface area (Å²) in [5.74, 6) is -1.30. The molecule has 116 valence electrons. The Hall–Kier alpha value is -1.69. The molecule has 21 heavy (non-hydrogen) atoms. The molecule has 1 aromatic rings. The predicted molar refractivity (Wildman–Crippen MR) is 83.9 cm³/mol. The largest absolute Gasteiger partial charge is 0.484 e. The normalized spacial score (nSPS) is 13.6. The van der Waals surface area contributed by atoms with E-state index in [-0.39, 0.29) is 18.3 Å². The van der Waals surface area contributed by atoms with Crippen molar-refractivity contribution >= 4 is 24.5 Å². The first-order valence-electron chi connectivity index (χ1n) is 6.66. The van der Waals surface area contributed by atoms with E-state index in [1.54, 1.807) is 26.0 Å². The second kappa shape index (κ2) is 7.36. The molecule has 0 aliphatic rings. The summed E-state index contributed by atoms with van der Waals surface area (Å²) in [4.78, 5) is 23.4. The van der Waals surface area contributed by atoms with Gasteiger partial charge in [0.1, 0.15) is 11.3 Å². The number of aryl methyl sites for hydroxylation is 1. The van der Waals surface area contributed by atoms with E-state index >= 15 is 0 Å². The third kappa shape index (κ3) is 4.39. The molecule has 1 atom stereocenters. The van der Waals surface area contributed by atoms with Crippen LogP contribution in [0.3, 0.4) is 0 Å². The highest BCUT2D eigenvalue weighted by molar-refractivity contribution is 7.80. The summed E-state index contributed by atoms with van der Waals surface area (Å²) in [6.07, 6.45) is 0. The van der Waals surface area contributed by atoms with Crippen LogP contribution in [0, 0.1) is 12.8 Å². The monoisotopic (exact) mass is 311 g/mol. The summed E-state index contributed by atoms with van der Waals surface area (Å²) in [5, 5.41) is 11.9. The van der Waals surface area contributed by atoms with E-state index in [1.807, 2.05) is 19.1 Å². The SMILES string of the molecule is Cc1cccc(OCC(=O)N[C@@](CS)(C(=O)O)C(C)C)c1. The number of carbonyl (C=O) groups is 2. The molecule has 0 saturated carbocycles. The lowest BCUT2D eigenvalue weighted by Crippen LogP contribution is -2.60. The molecule has 0 spiro atoms. The van der Waals surface area contributed by atoms with Crippen LogP contribution in [-0.2, 0) is 9.59 Å². The first kappa shape index (κ1) is 17.4. The molecule has 0 heterocycles.